The average molecular weight is 283 g/mol. The summed E-state index contributed by atoms with van der Waals surface area (Å²) in [5.41, 5.74) is 0.269. The van der Waals surface area contributed by atoms with Crippen LogP contribution >= 0.6 is 11.8 Å². The van der Waals surface area contributed by atoms with Gasteiger partial charge in [0, 0.05) is 18.4 Å². The van der Waals surface area contributed by atoms with Crippen LogP contribution in [0.15, 0.2) is 0 Å². The molecule has 0 aromatic rings. The molecule has 3 aliphatic rings. The van der Waals surface area contributed by atoms with E-state index in [0.29, 0.717) is 0 Å². The van der Waals surface area contributed by atoms with E-state index in [9.17, 15) is 0 Å². The van der Waals surface area contributed by atoms with Crippen molar-refractivity contribution in [2.75, 3.05) is 24.7 Å². The van der Waals surface area contributed by atoms with Gasteiger partial charge in [-0.25, -0.2) is 0 Å². The number of ether oxygens (including phenoxy) is 1. The summed E-state index contributed by atoms with van der Waals surface area (Å²) >= 11 is 2.10. The van der Waals surface area contributed by atoms with Crippen LogP contribution in [0, 0.1) is 11.8 Å². The minimum atomic E-state index is 0.269. The van der Waals surface area contributed by atoms with Crippen LogP contribution in [-0.4, -0.2) is 36.3 Å². The van der Waals surface area contributed by atoms with Gasteiger partial charge in [-0.1, -0.05) is 13.3 Å². The van der Waals surface area contributed by atoms with Crippen molar-refractivity contribution in [1.29, 1.82) is 0 Å². The fourth-order valence-corrected chi connectivity index (χ4v) is 5.81. The summed E-state index contributed by atoms with van der Waals surface area (Å²) in [6, 6.07) is 0.800. The molecule has 2 aliphatic heterocycles. The van der Waals surface area contributed by atoms with Gasteiger partial charge in [-0.05, 0) is 62.7 Å². The third-order valence-corrected chi connectivity index (χ3v) is 6.65. The number of nitrogens with one attached hydrogen (secondary N) is 1. The monoisotopic (exact) mass is 283 g/mol. The predicted octanol–water partition coefficient (Wildman–Crippen LogP) is 3.46. The SMILES string of the molecule is CCCNC1CCCC1C1CCOC2(CCSC2)C1. The zero-order valence-electron chi connectivity index (χ0n) is 12.3. The molecule has 1 aliphatic carbocycles. The molecule has 0 amide bonds. The topological polar surface area (TPSA) is 21.3 Å². The average Bonchev–Trinajstić information content (AvgIpc) is 3.06. The van der Waals surface area contributed by atoms with Crippen molar-refractivity contribution in [3.05, 3.63) is 0 Å². The zero-order chi connectivity index (χ0) is 13.1. The summed E-state index contributed by atoms with van der Waals surface area (Å²) in [4.78, 5) is 0. The molecule has 2 saturated heterocycles. The number of hydrogen-bond acceptors (Lipinski definition) is 3. The molecule has 3 fully saturated rings. The second-order valence-corrected chi connectivity index (χ2v) is 7.85. The highest BCUT2D eigenvalue weighted by molar-refractivity contribution is 7.99. The molecule has 0 aromatic heterocycles. The summed E-state index contributed by atoms with van der Waals surface area (Å²) in [6.07, 6.45) is 9.51. The predicted molar refractivity (Wildman–Crippen MR) is 82.8 cm³/mol. The molecule has 1 N–H and O–H groups in total. The van der Waals surface area contributed by atoms with Gasteiger partial charge in [0.15, 0.2) is 0 Å². The van der Waals surface area contributed by atoms with Gasteiger partial charge in [-0.15, -0.1) is 0 Å². The molecule has 3 heteroatoms. The maximum Gasteiger partial charge on any atom is 0.0783 e. The second kappa shape index (κ2) is 6.36. The van der Waals surface area contributed by atoms with E-state index in [-0.39, 0.29) is 5.60 Å². The largest absolute Gasteiger partial charge is 0.374 e. The van der Waals surface area contributed by atoms with Gasteiger partial charge in [-0.3, -0.25) is 0 Å². The molecule has 2 nitrogen and oxygen atoms in total. The van der Waals surface area contributed by atoms with Crippen molar-refractivity contribution in [1.82, 2.24) is 5.32 Å². The number of thioether (sulfide) groups is 1. The van der Waals surface area contributed by atoms with E-state index in [4.69, 9.17) is 4.74 Å². The Kier molecular flexibility index (Phi) is 4.76. The summed E-state index contributed by atoms with van der Waals surface area (Å²) in [5.74, 6) is 4.42. The molecule has 1 spiro atoms. The summed E-state index contributed by atoms with van der Waals surface area (Å²) in [7, 11) is 0. The van der Waals surface area contributed by atoms with Crippen LogP contribution in [0.4, 0.5) is 0 Å². The van der Waals surface area contributed by atoms with Crippen LogP contribution in [0.2, 0.25) is 0 Å². The maximum atomic E-state index is 6.19. The highest BCUT2D eigenvalue weighted by Gasteiger charge is 2.44. The molecule has 110 valence electrons. The van der Waals surface area contributed by atoms with Crippen LogP contribution in [0.3, 0.4) is 0 Å². The second-order valence-electron chi connectivity index (χ2n) is 6.74. The molecule has 1 saturated carbocycles. The van der Waals surface area contributed by atoms with E-state index in [0.717, 1.165) is 24.5 Å². The standard InChI is InChI=1S/C16H29NOS/c1-2-8-17-15-5-3-4-14(15)13-6-9-18-16(11-13)7-10-19-12-16/h13-15,17H,2-12H2,1H3. The molecule has 4 atom stereocenters. The zero-order valence-corrected chi connectivity index (χ0v) is 13.1. The normalized spacial score (nSPS) is 43.1. The third-order valence-electron chi connectivity index (χ3n) is 5.43. The first-order valence-electron chi connectivity index (χ1n) is 8.28. The van der Waals surface area contributed by atoms with Gasteiger partial charge >= 0.3 is 0 Å². The molecular weight excluding hydrogens is 254 g/mol. The van der Waals surface area contributed by atoms with Gasteiger partial charge in [0.25, 0.3) is 0 Å². The Labute approximate surface area is 122 Å². The minimum absolute atomic E-state index is 0.269. The Morgan fingerprint density at radius 3 is 3.05 bits per heavy atom. The van der Waals surface area contributed by atoms with Gasteiger partial charge in [0.05, 0.1) is 5.60 Å². The van der Waals surface area contributed by atoms with Gasteiger partial charge in [0.1, 0.15) is 0 Å². The van der Waals surface area contributed by atoms with E-state index in [2.05, 4.69) is 24.0 Å². The molecule has 19 heavy (non-hydrogen) atoms. The lowest BCUT2D eigenvalue weighted by molar-refractivity contribution is -0.0903. The van der Waals surface area contributed by atoms with Crippen LogP contribution in [0.1, 0.15) is 51.9 Å². The van der Waals surface area contributed by atoms with Crippen molar-refractivity contribution in [3.63, 3.8) is 0 Å². The summed E-state index contributed by atoms with van der Waals surface area (Å²) in [6.45, 7) is 4.49. The van der Waals surface area contributed by atoms with Crippen molar-refractivity contribution >= 4 is 11.8 Å². The van der Waals surface area contributed by atoms with Crippen molar-refractivity contribution in [2.45, 2.75) is 63.5 Å². The van der Waals surface area contributed by atoms with Crippen molar-refractivity contribution < 1.29 is 4.74 Å². The highest BCUT2D eigenvalue weighted by Crippen LogP contribution is 2.45. The first-order chi connectivity index (χ1) is 9.33. The van der Waals surface area contributed by atoms with Crippen LogP contribution < -0.4 is 5.32 Å². The lowest BCUT2D eigenvalue weighted by Gasteiger charge is -2.41. The molecular formula is C16H29NOS. The molecule has 4 unspecified atom stereocenters. The highest BCUT2D eigenvalue weighted by atomic mass is 32.2. The van der Waals surface area contributed by atoms with E-state index >= 15 is 0 Å². The van der Waals surface area contributed by atoms with Crippen molar-refractivity contribution in [3.8, 4) is 0 Å². The Balaban J connectivity index is 1.60. The lowest BCUT2D eigenvalue weighted by atomic mass is 9.76. The summed E-state index contributed by atoms with van der Waals surface area (Å²) < 4.78 is 6.19. The Morgan fingerprint density at radius 2 is 2.26 bits per heavy atom. The van der Waals surface area contributed by atoms with Crippen LogP contribution in [0.5, 0.6) is 0 Å². The fraction of sp³-hybridized carbons (Fsp3) is 1.00. The fourth-order valence-electron chi connectivity index (χ4n) is 4.43. The van der Waals surface area contributed by atoms with Gasteiger partial charge in [-0.2, -0.15) is 11.8 Å². The smallest absolute Gasteiger partial charge is 0.0783 e. The quantitative estimate of drug-likeness (QED) is 0.854. The van der Waals surface area contributed by atoms with E-state index in [1.165, 1.54) is 63.0 Å². The molecule has 3 rings (SSSR count). The maximum absolute atomic E-state index is 6.19. The molecule has 2 heterocycles. The summed E-state index contributed by atoms with van der Waals surface area (Å²) in [5, 5.41) is 3.81. The lowest BCUT2D eigenvalue weighted by Crippen LogP contribution is -2.45. The van der Waals surface area contributed by atoms with E-state index < -0.39 is 0 Å². The number of rotatable bonds is 4. The Bertz CT molecular complexity index is 290. The first kappa shape index (κ1) is 14.2. The van der Waals surface area contributed by atoms with Gasteiger partial charge < -0.3 is 10.1 Å². The Morgan fingerprint density at radius 1 is 1.32 bits per heavy atom. The van der Waals surface area contributed by atoms with E-state index in [1.54, 1.807) is 0 Å². The Hall–Kier alpha value is 0.270. The van der Waals surface area contributed by atoms with E-state index in [1.807, 2.05) is 0 Å². The molecule has 0 aromatic carbocycles. The molecule has 0 bridgehead atoms. The van der Waals surface area contributed by atoms with Crippen molar-refractivity contribution in [2.24, 2.45) is 11.8 Å². The third kappa shape index (κ3) is 3.14. The molecule has 0 radical (unpaired) electrons. The number of hydrogen-bond donors (Lipinski definition) is 1. The minimum Gasteiger partial charge on any atom is -0.374 e. The first-order valence-corrected chi connectivity index (χ1v) is 9.43. The van der Waals surface area contributed by atoms with Gasteiger partial charge in [0.2, 0.25) is 0 Å². The van der Waals surface area contributed by atoms with Crippen LogP contribution in [-0.2, 0) is 4.74 Å². The van der Waals surface area contributed by atoms with Crippen LogP contribution in [0.25, 0.3) is 0 Å².